The second kappa shape index (κ2) is 6.09. The lowest BCUT2D eigenvalue weighted by Crippen LogP contribution is -2.14. The van der Waals surface area contributed by atoms with E-state index in [1.165, 1.54) is 12.3 Å². The van der Waals surface area contributed by atoms with Crippen LogP contribution in [-0.4, -0.2) is 5.91 Å². The average molecular weight is 287 g/mol. The molecule has 0 saturated heterocycles. The second-order valence-corrected chi connectivity index (χ2v) is 4.48. The number of benzene rings is 1. The molecule has 0 atom stereocenters. The van der Waals surface area contributed by atoms with Gasteiger partial charge in [-0.15, -0.1) is 0 Å². The fourth-order valence-electron chi connectivity index (χ4n) is 1.64. The molecule has 0 fully saturated rings. The monoisotopic (exact) mass is 286 g/mol. The molecule has 1 aromatic heterocycles. The highest BCUT2D eigenvalue weighted by Crippen LogP contribution is 2.25. The third-order valence-electron chi connectivity index (χ3n) is 2.66. The van der Waals surface area contributed by atoms with Crippen molar-refractivity contribution in [3.63, 3.8) is 0 Å². The molecule has 1 aromatic carbocycles. The van der Waals surface area contributed by atoms with Gasteiger partial charge in [-0.1, -0.05) is 23.7 Å². The largest absolute Gasteiger partial charge is 0.465 e. The van der Waals surface area contributed by atoms with Gasteiger partial charge in [-0.05, 0) is 30.7 Å². The number of hydrogen-bond donors (Lipinski definition) is 1. The standard InChI is InChI=1S/C15H11ClN2O2/c1-10-4-2-6-13(16)14(10)18-15(19)11(9-17)8-12-5-3-7-20-12/h2-8H,1H3,(H,18,19)/b11-8+. The van der Waals surface area contributed by atoms with Gasteiger partial charge in [0.05, 0.1) is 17.0 Å². The minimum Gasteiger partial charge on any atom is -0.465 e. The number of halogens is 1. The van der Waals surface area contributed by atoms with Gasteiger partial charge in [0.15, 0.2) is 0 Å². The molecule has 4 nitrogen and oxygen atoms in total. The summed E-state index contributed by atoms with van der Waals surface area (Å²) >= 11 is 6.03. The highest BCUT2D eigenvalue weighted by molar-refractivity contribution is 6.34. The number of rotatable bonds is 3. The Morgan fingerprint density at radius 1 is 1.40 bits per heavy atom. The van der Waals surface area contributed by atoms with Crippen molar-refractivity contribution in [3.05, 3.63) is 58.5 Å². The molecule has 0 aliphatic rings. The molecule has 1 amide bonds. The van der Waals surface area contributed by atoms with Crippen molar-refractivity contribution < 1.29 is 9.21 Å². The number of para-hydroxylation sites is 1. The summed E-state index contributed by atoms with van der Waals surface area (Å²) in [6, 6.07) is 10.5. The van der Waals surface area contributed by atoms with Crippen LogP contribution in [0.5, 0.6) is 0 Å². The van der Waals surface area contributed by atoms with Gasteiger partial charge < -0.3 is 9.73 Å². The molecule has 20 heavy (non-hydrogen) atoms. The van der Waals surface area contributed by atoms with Gasteiger partial charge >= 0.3 is 0 Å². The van der Waals surface area contributed by atoms with E-state index < -0.39 is 5.91 Å². The number of nitrogens with one attached hydrogen (secondary N) is 1. The van der Waals surface area contributed by atoms with Crippen molar-refractivity contribution in [2.24, 2.45) is 0 Å². The van der Waals surface area contributed by atoms with E-state index in [1.54, 1.807) is 24.3 Å². The van der Waals surface area contributed by atoms with Crippen LogP contribution in [0.3, 0.4) is 0 Å². The normalized spacial score (nSPS) is 10.9. The van der Waals surface area contributed by atoms with Gasteiger partial charge in [0.25, 0.3) is 5.91 Å². The molecule has 0 spiro atoms. The van der Waals surface area contributed by atoms with Crippen LogP contribution >= 0.6 is 11.6 Å². The van der Waals surface area contributed by atoms with E-state index in [9.17, 15) is 4.79 Å². The Morgan fingerprint density at radius 2 is 2.20 bits per heavy atom. The topological polar surface area (TPSA) is 66.0 Å². The average Bonchev–Trinajstić information content (AvgIpc) is 2.93. The fraction of sp³-hybridized carbons (Fsp3) is 0.0667. The summed E-state index contributed by atoms with van der Waals surface area (Å²) in [5, 5.41) is 12.1. The SMILES string of the molecule is Cc1cccc(Cl)c1NC(=O)/C(C#N)=C/c1ccco1. The van der Waals surface area contributed by atoms with E-state index in [-0.39, 0.29) is 5.57 Å². The Labute approximate surface area is 121 Å². The number of amides is 1. The Bertz CT molecular complexity index is 677. The summed E-state index contributed by atoms with van der Waals surface area (Å²) in [5.41, 5.74) is 1.26. The van der Waals surface area contributed by atoms with Crippen molar-refractivity contribution in [3.8, 4) is 6.07 Å². The van der Waals surface area contributed by atoms with Crippen molar-refractivity contribution in [2.45, 2.75) is 6.92 Å². The minimum absolute atomic E-state index is 0.0562. The summed E-state index contributed by atoms with van der Waals surface area (Å²) in [4.78, 5) is 12.1. The number of anilines is 1. The first-order valence-corrected chi connectivity index (χ1v) is 6.21. The molecule has 0 unspecified atom stereocenters. The van der Waals surface area contributed by atoms with Crippen LogP contribution in [0.4, 0.5) is 5.69 Å². The maximum Gasteiger partial charge on any atom is 0.266 e. The zero-order valence-electron chi connectivity index (χ0n) is 10.7. The van der Waals surface area contributed by atoms with Gasteiger partial charge in [-0.3, -0.25) is 4.79 Å². The number of nitriles is 1. The van der Waals surface area contributed by atoms with E-state index in [2.05, 4.69) is 5.32 Å². The summed E-state index contributed by atoms with van der Waals surface area (Å²) < 4.78 is 5.08. The van der Waals surface area contributed by atoms with Crippen LogP contribution in [0.1, 0.15) is 11.3 Å². The molecule has 1 heterocycles. The first-order valence-electron chi connectivity index (χ1n) is 5.83. The fourth-order valence-corrected chi connectivity index (χ4v) is 1.90. The molecule has 100 valence electrons. The van der Waals surface area contributed by atoms with Gasteiger partial charge in [-0.2, -0.15) is 5.26 Å². The van der Waals surface area contributed by atoms with Crippen LogP contribution in [0.2, 0.25) is 5.02 Å². The number of hydrogen-bond acceptors (Lipinski definition) is 3. The Balaban J connectivity index is 2.25. The molecule has 0 saturated carbocycles. The first-order chi connectivity index (χ1) is 9.61. The maximum atomic E-state index is 12.1. The van der Waals surface area contributed by atoms with Crippen molar-refractivity contribution in [1.82, 2.24) is 0 Å². The predicted octanol–water partition coefficient (Wildman–Crippen LogP) is 3.79. The zero-order chi connectivity index (χ0) is 14.5. The molecule has 2 rings (SSSR count). The lowest BCUT2D eigenvalue weighted by molar-refractivity contribution is -0.112. The molecule has 0 radical (unpaired) electrons. The molecule has 0 bridgehead atoms. The number of furan rings is 1. The third-order valence-corrected chi connectivity index (χ3v) is 2.97. The van der Waals surface area contributed by atoms with Crippen molar-refractivity contribution in [1.29, 1.82) is 5.26 Å². The Morgan fingerprint density at radius 3 is 2.80 bits per heavy atom. The lowest BCUT2D eigenvalue weighted by atomic mass is 10.1. The van der Waals surface area contributed by atoms with E-state index in [1.807, 2.05) is 19.1 Å². The maximum absolute atomic E-state index is 12.1. The Kier molecular flexibility index (Phi) is 4.24. The molecule has 0 aliphatic carbocycles. The summed E-state index contributed by atoms with van der Waals surface area (Å²) in [7, 11) is 0. The van der Waals surface area contributed by atoms with Crippen LogP contribution in [0, 0.1) is 18.3 Å². The smallest absolute Gasteiger partial charge is 0.266 e. The summed E-state index contributed by atoms with van der Waals surface area (Å²) in [6.07, 6.45) is 2.85. The van der Waals surface area contributed by atoms with E-state index in [4.69, 9.17) is 21.3 Å². The molecule has 0 aliphatic heterocycles. The van der Waals surface area contributed by atoms with Gasteiger partial charge in [0.2, 0.25) is 0 Å². The zero-order valence-corrected chi connectivity index (χ0v) is 11.4. The quantitative estimate of drug-likeness (QED) is 0.689. The lowest BCUT2D eigenvalue weighted by Gasteiger charge is -2.09. The van der Waals surface area contributed by atoms with Crippen molar-refractivity contribution in [2.75, 3.05) is 5.32 Å². The first kappa shape index (κ1) is 13.9. The molecular weight excluding hydrogens is 276 g/mol. The number of carbonyl (C=O) groups excluding carboxylic acids is 1. The molecule has 2 aromatic rings. The molecular formula is C15H11ClN2O2. The van der Waals surface area contributed by atoms with E-state index in [0.717, 1.165) is 5.56 Å². The molecule has 5 heteroatoms. The second-order valence-electron chi connectivity index (χ2n) is 4.07. The highest BCUT2D eigenvalue weighted by atomic mass is 35.5. The summed E-state index contributed by atoms with van der Waals surface area (Å²) in [6.45, 7) is 1.82. The number of aryl methyl sites for hydroxylation is 1. The highest BCUT2D eigenvalue weighted by Gasteiger charge is 2.13. The van der Waals surface area contributed by atoms with Gasteiger partial charge in [0.1, 0.15) is 17.4 Å². The third kappa shape index (κ3) is 3.08. The van der Waals surface area contributed by atoms with E-state index in [0.29, 0.717) is 16.5 Å². The van der Waals surface area contributed by atoms with Crippen LogP contribution < -0.4 is 5.32 Å². The van der Waals surface area contributed by atoms with Crippen LogP contribution in [0.25, 0.3) is 6.08 Å². The van der Waals surface area contributed by atoms with Crippen LogP contribution in [-0.2, 0) is 4.79 Å². The summed E-state index contributed by atoms with van der Waals surface area (Å²) in [5.74, 6) is -0.0901. The van der Waals surface area contributed by atoms with Crippen molar-refractivity contribution >= 4 is 29.3 Å². The Hall–Kier alpha value is -2.51. The minimum atomic E-state index is -0.528. The molecule has 1 N–H and O–H groups in total. The van der Waals surface area contributed by atoms with Gasteiger partial charge in [0, 0.05) is 6.08 Å². The van der Waals surface area contributed by atoms with E-state index >= 15 is 0 Å². The number of carbonyl (C=O) groups is 1. The predicted molar refractivity (Wildman–Crippen MR) is 77.1 cm³/mol. The number of nitrogens with zero attached hydrogens (tertiary/aromatic N) is 1. The van der Waals surface area contributed by atoms with Crippen LogP contribution in [0.15, 0.2) is 46.6 Å². The van der Waals surface area contributed by atoms with Gasteiger partial charge in [-0.25, -0.2) is 0 Å².